The van der Waals surface area contributed by atoms with E-state index in [-0.39, 0.29) is 19.3 Å². The number of rotatable bonds is 3. The van der Waals surface area contributed by atoms with Gasteiger partial charge in [0.15, 0.2) is 0 Å². The van der Waals surface area contributed by atoms with Crippen molar-refractivity contribution < 1.29 is 29.1 Å². The van der Waals surface area contributed by atoms with Crippen LogP contribution in [0, 0.1) is 5.92 Å². The second kappa shape index (κ2) is 4.79. The average molecular weight is 268 g/mol. The van der Waals surface area contributed by atoms with Gasteiger partial charge in [-0.3, -0.25) is 34.2 Å². The molecule has 2 saturated heterocycles. The van der Waals surface area contributed by atoms with Gasteiger partial charge in [0.05, 0.1) is 12.3 Å². The molecule has 2 heterocycles. The molecule has 0 aromatic heterocycles. The SMILES string of the molecule is O=C(O)CC1CC(=O)N(C2CCC(=O)NC2=O)C1=O. The molecule has 4 amide bonds. The molecule has 0 spiro atoms. The van der Waals surface area contributed by atoms with Gasteiger partial charge in [-0.15, -0.1) is 0 Å². The summed E-state index contributed by atoms with van der Waals surface area (Å²) in [5.41, 5.74) is 0. The molecular formula is C11H12N2O6. The third kappa shape index (κ3) is 2.47. The van der Waals surface area contributed by atoms with Crippen LogP contribution in [0.1, 0.15) is 25.7 Å². The van der Waals surface area contributed by atoms with Crippen molar-refractivity contribution in [3.63, 3.8) is 0 Å². The van der Waals surface area contributed by atoms with Crippen molar-refractivity contribution in [1.29, 1.82) is 0 Å². The number of piperidine rings is 1. The van der Waals surface area contributed by atoms with E-state index in [0.29, 0.717) is 0 Å². The van der Waals surface area contributed by atoms with Gasteiger partial charge in [0, 0.05) is 12.8 Å². The number of amides is 4. The number of aliphatic carboxylic acids is 1. The lowest BCUT2D eigenvalue weighted by atomic mass is 10.0. The smallest absolute Gasteiger partial charge is 0.304 e. The molecule has 2 rings (SSSR count). The Morgan fingerprint density at radius 3 is 2.58 bits per heavy atom. The largest absolute Gasteiger partial charge is 0.481 e. The summed E-state index contributed by atoms with van der Waals surface area (Å²) in [6, 6.07) is -1.00. The molecular weight excluding hydrogens is 256 g/mol. The lowest BCUT2D eigenvalue weighted by Gasteiger charge is -2.28. The Labute approximate surface area is 107 Å². The van der Waals surface area contributed by atoms with Crippen LogP contribution in [0.5, 0.6) is 0 Å². The highest BCUT2D eigenvalue weighted by atomic mass is 16.4. The Bertz CT molecular complexity index is 486. The first-order chi connectivity index (χ1) is 8.90. The number of nitrogens with zero attached hydrogens (tertiary/aromatic N) is 1. The van der Waals surface area contributed by atoms with Gasteiger partial charge in [-0.25, -0.2) is 0 Å². The molecule has 0 aliphatic carbocycles. The summed E-state index contributed by atoms with van der Waals surface area (Å²) in [7, 11) is 0. The Kier molecular flexibility index (Phi) is 3.32. The first-order valence-electron chi connectivity index (χ1n) is 5.81. The molecule has 0 bridgehead atoms. The highest BCUT2D eigenvalue weighted by Crippen LogP contribution is 2.27. The number of carboxylic acids is 1. The van der Waals surface area contributed by atoms with Crippen molar-refractivity contribution >= 4 is 29.6 Å². The Balaban J connectivity index is 2.14. The quantitative estimate of drug-likeness (QED) is 0.610. The van der Waals surface area contributed by atoms with Crippen LogP contribution in [0.25, 0.3) is 0 Å². The van der Waals surface area contributed by atoms with E-state index in [4.69, 9.17) is 5.11 Å². The van der Waals surface area contributed by atoms with Crippen LogP contribution in [0.2, 0.25) is 0 Å². The molecule has 2 unspecified atom stereocenters. The van der Waals surface area contributed by atoms with E-state index >= 15 is 0 Å². The van der Waals surface area contributed by atoms with E-state index in [1.807, 2.05) is 0 Å². The third-order valence-electron chi connectivity index (χ3n) is 3.22. The van der Waals surface area contributed by atoms with Crippen LogP contribution in [-0.4, -0.2) is 45.6 Å². The maximum Gasteiger partial charge on any atom is 0.304 e. The van der Waals surface area contributed by atoms with Crippen molar-refractivity contribution in [2.24, 2.45) is 5.92 Å². The number of likely N-dealkylation sites (tertiary alicyclic amines) is 1. The second-order valence-electron chi connectivity index (χ2n) is 4.57. The van der Waals surface area contributed by atoms with E-state index in [0.717, 1.165) is 4.90 Å². The predicted octanol–water partition coefficient (Wildman–Crippen LogP) is -1.36. The second-order valence-corrected chi connectivity index (χ2v) is 4.57. The van der Waals surface area contributed by atoms with Crippen LogP contribution < -0.4 is 5.32 Å². The molecule has 19 heavy (non-hydrogen) atoms. The van der Waals surface area contributed by atoms with E-state index in [9.17, 15) is 24.0 Å². The number of carbonyl (C=O) groups excluding carboxylic acids is 4. The molecule has 2 N–H and O–H groups in total. The van der Waals surface area contributed by atoms with Crippen molar-refractivity contribution in [3.8, 4) is 0 Å². The lowest BCUT2D eigenvalue weighted by Crippen LogP contribution is -2.54. The van der Waals surface area contributed by atoms with Gasteiger partial charge in [-0.2, -0.15) is 0 Å². The van der Waals surface area contributed by atoms with Crippen LogP contribution in [-0.2, 0) is 24.0 Å². The predicted molar refractivity (Wildman–Crippen MR) is 58.4 cm³/mol. The average Bonchev–Trinajstić information content (AvgIpc) is 2.55. The van der Waals surface area contributed by atoms with Gasteiger partial charge in [-0.1, -0.05) is 0 Å². The van der Waals surface area contributed by atoms with Gasteiger partial charge in [0.1, 0.15) is 6.04 Å². The molecule has 8 nitrogen and oxygen atoms in total. The maximum atomic E-state index is 12.0. The number of carbonyl (C=O) groups is 5. The van der Waals surface area contributed by atoms with Crippen LogP contribution >= 0.6 is 0 Å². The summed E-state index contributed by atoms with van der Waals surface area (Å²) in [4.78, 5) is 57.7. The van der Waals surface area contributed by atoms with E-state index in [2.05, 4.69) is 5.32 Å². The monoisotopic (exact) mass is 268 g/mol. The molecule has 0 aromatic carbocycles. The minimum Gasteiger partial charge on any atom is -0.481 e. The number of hydrogen-bond donors (Lipinski definition) is 2. The minimum atomic E-state index is -1.17. The lowest BCUT2D eigenvalue weighted by molar-refractivity contribution is -0.151. The zero-order chi connectivity index (χ0) is 14.2. The highest BCUT2D eigenvalue weighted by molar-refractivity contribution is 6.10. The summed E-state index contributed by atoms with van der Waals surface area (Å²) in [6.45, 7) is 0. The first-order valence-corrected chi connectivity index (χ1v) is 5.81. The standard InChI is InChI=1S/C11H12N2O6/c14-7-2-1-6(10(18)12-7)13-8(15)3-5(11(13)19)4-9(16)17/h5-6H,1-4H2,(H,16,17)(H,12,14,18). The summed E-state index contributed by atoms with van der Waals surface area (Å²) < 4.78 is 0. The van der Waals surface area contributed by atoms with Crippen molar-refractivity contribution in [3.05, 3.63) is 0 Å². The number of carboxylic acid groups (broad SMARTS) is 1. The zero-order valence-electron chi connectivity index (χ0n) is 9.92. The normalized spacial score (nSPS) is 27.7. The minimum absolute atomic E-state index is 0.0526. The Morgan fingerprint density at radius 2 is 2.00 bits per heavy atom. The number of nitrogens with one attached hydrogen (secondary N) is 1. The molecule has 102 valence electrons. The summed E-state index contributed by atoms with van der Waals surface area (Å²) >= 11 is 0. The molecule has 0 aromatic rings. The molecule has 2 atom stereocenters. The fourth-order valence-corrected chi connectivity index (χ4v) is 2.34. The van der Waals surface area contributed by atoms with Crippen LogP contribution in [0.3, 0.4) is 0 Å². The maximum absolute atomic E-state index is 12.0. The summed E-state index contributed by atoms with van der Waals surface area (Å²) in [6.07, 6.45) is -0.504. The molecule has 2 fully saturated rings. The molecule has 0 radical (unpaired) electrons. The fraction of sp³-hybridized carbons (Fsp3) is 0.545. The van der Waals surface area contributed by atoms with E-state index in [1.165, 1.54) is 0 Å². The molecule has 0 saturated carbocycles. The number of hydrogen-bond acceptors (Lipinski definition) is 5. The molecule has 2 aliphatic heterocycles. The zero-order valence-corrected chi connectivity index (χ0v) is 9.92. The van der Waals surface area contributed by atoms with Crippen LogP contribution in [0.4, 0.5) is 0 Å². The summed E-state index contributed by atoms with van der Waals surface area (Å²) in [5, 5.41) is 10.7. The number of imide groups is 2. The molecule has 2 aliphatic rings. The topological polar surface area (TPSA) is 121 Å². The van der Waals surface area contributed by atoms with Gasteiger partial charge < -0.3 is 5.11 Å². The van der Waals surface area contributed by atoms with Crippen LogP contribution in [0.15, 0.2) is 0 Å². The van der Waals surface area contributed by atoms with E-state index in [1.54, 1.807) is 0 Å². The fourth-order valence-electron chi connectivity index (χ4n) is 2.34. The van der Waals surface area contributed by atoms with Gasteiger partial charge in [0.25, 0.3) is 0 Å². The highest BCUT2D eigenvalue weighted by Gasteiger charge is 2.46. The van der Waals surface area contributed by atoms with Crippen molar-refractivity contribution in [2.75, 3.05) is 0 Å². The Morgan fingerprint density at radius 1 is 1.32 bits per heavy atom. The van der Waals surface area contributed by atoms with Crippen molar-refractivity contribution in [1.82, 2.24) is 10.2 Å². The van der Waals surface area contributed by atoms with Gasteiger partial charge in [0.2, 0.25) is 23.6 Å². The third-order valence-corrected chi connectivity index (χ3v) is 3.22. The molecule has 8 heteroatoms. The van der Waals surface area contributed by atoms with Crippen molar-refractivity contribution in [2.45, 2.75) is 31.7 Å². The first kappa shape index (κ1) is 13.2. The van der Waals surface area contributed by atoms with E-state index < -0.39 is 48.0 Å². The Hall–Kier alpha value is -2.25. The van der Waals surface area contributed by atoms with Gasteiger partial charge >= 0.3 is 5.97 Å². The summed E-state index contributed by atoms with van der Waals surface area (Å²) in [5.74, 6) is -4.43. The van der Waals surface area contributed by atoms with Gasteiger partial charge in [-0.05, 0) is 6.42 Å².